The van der Waals surface area contributed by atoms with Crippen molar-refractivity contribution in [1.29, 1.82) is 0 Å². The van der Waals surface area contributed by atoms with Gasteiger partial charge in [0.25, 0.3) is 0 Å². The van der Waals surface area contributed by atoms with Gasteiger partial charge in [-0.05, 0) is 44.4 Å². The molecule has 2 atom stereocenters. The summed E-state index contributed by atoms with van der Waals surface area (Å²) in [5.41, 5.74) is 9.01. The summed E-state index contributed by atoms with van der Waals surface area (Å²) in [6, 6.07) is 9.17. The lowest BCUT2D eigenvalue weighted by Crippen LogP contribution is -2.43. The first-order valence-corrected chi connectivity index (χ1v) is 13.2. The molecule has 0 saturated heterocycles. The summed E-state index contributed by atoms with van der Waals surface area (Å²) in [6.07, 6.45) is -5.57. The van der Waals surface area contributed by atoms with Crippen LogP contribution in [0, 0.1) is 5.41 Å². The molecule has 4 heterocycles. The smallest absolute Gasteiger partial charge is 0.453 e. The Morgan fingerprint density at radius 2 is 1.79 bits per heavy atom. The Balaban J connectivity index is 1.44. The number of hydrazine groups is 1. The minimum absolute atomic E-state index is 0.0359. The van der Waals surface area contributed by atoms with Gasteiger partial charge in [0.15, 0.2) is 5.82 Å². The van der Waals surface area contributed by atoms with Crippen LogP contribution in [0.5, 0.6) is 0 Å². The fourth-order valence-corrected chi connectivity index (χ4v) is 5.28. The van der Waals surface area contributed by atoms with E-state index in [0.717, 1.165) is 10.6 Å². The molecule has 1 unspecified atom stereocenters. The van der Waals surface area contributed by atoms with Crippen LogP contribution in [0.3, 0.4) is 0 Å². The molecule has 2 aromatic heterocycles. The van der Waals surface area contributed by atoms with Crippen LogP contribution in [0.4, 0.5) is 39.4 Å². The summed E-state index contributed by atoms with van der Waals surface area (Å²) in [7, 11) is 0. The van der Waals surface area contributed by atoms with Crippen LogP contribution in [-0.4, -0.2) is 50.6 Å². The third-order valence-electron chi connectivity index (χ3n) is 7.89. The normalized spacial score (nSPS) is 20.1. The van der Waals surface area contributed by atoms with Gasteiger partial charge in [0.2, 0.25) is 5.91 Å². The van der Waals surface area contributed by atoms with Gasteiger partial charge >= 0.3 is 18.1 Å². The summed E-state index contributed by atoms with van der Waals surface area (Å²) in [5.74, 6) is -6.01. The van der Waals surface area contributed by atoms with E-state index in [0.29, 0.717) is 16.7 Å². The first-order chi connectivity index (χ1) is 20.0. The fourth-order valence-electron chi connectivity index (χ4n) is 5.28. The minimum Gasteiger partial charge on any atom is -0.481 e. The second-order valence-electron chi connectivity index (χ2n) is 11.4. The number of nitrogens with one attached hydrogen (secondary N) is 2. The molecule has 0 radical (unpaired) electrons. The van der Waals surface area contributed by atoms with Crippen LogP contribution in [0.25, 0.3) is 0 Å². The maximum atomic E-state index is 13.7. The van der Waals surface area contributed by atoms with Gasteiger partial charge in [0, 0.05) is 24.7 Å². The second-order valence-corrected chi connectivity index (χ2v) is 11.4. The summed E-state index contributed by atoms with van der Waals surface area (Å²) in [4.78, 5) is 37.9. The molecule has 0 aliphatic carbocycles. The number of amides is 1. The Bertz CT molecular complexity index is 1600. The number of anilines is 3. The van der Waals surface area contributed by atoms with Crippen molar-refractivity contribution in [3.05, 3.63) is 70.7 Å². The number of carbonyl (C=O) groups is 2. The molecule has 15 heteroatoms. The first-order valence-electron chi connectivity index (χ1n) is 13.2. The lowest BCUT2D eigenvalue weighted by atomic mass is 9.77. The number of nitrogens with zero attached hydrogens (tertiary/aromatic N) is 4. The average Bonchev–Trinajstić information content (AvgIpc) is 3.42. The van der Waals surface area contributed by atoms with E-state index in [1.54, 1.807) is 57.2 Å². The van der Waals surface area contributed by atoms with Crippen LogP contribution in [0.15, 0.2) is 42.6 Å². The molecule has 0 spiro atoms. The van der Waals surface area contributed by atoms with Crippen molar-refractivity contribution in [2.75, 3.05) is 22.6 Å². The zero-order chi connectivity index (χ0) is 31.5. The largest absolute Gasteiger partial charge is 0.481 e. The molecule has 0 fully saturated rings. The molecule has 2 aliphatic heterocycles. The number of aromatic nitrogens is 3. The summed E-state index contributed by atoms with van der Waals surface area (Å²) < 4.78 is 65.6. The van der Waals surface area contributed by atoms with Crippen LogP contribution in [0.1, 0.15) is 61.3 Å². The van der Waals surface area contributed by atoms with E-state index in [2.05, 4.69) is 25.7 Å². The highest BCUT2D eigenvalue weighted by molar-refractivity contribution is 6.08. The zero-order valence-corrected chi connectivity index (χ0v) is 23.3. The number of hydrogen-bond acceptors (Lipinski definition) is 8. The zero-order valence-electron chi connectivity index (χ0n) is 23.3. The van der Waals surface area contributed by atoms with E-state index >= 15 is 0 Å². The molecule has 1 aromatic carbocycles. The summed E-state index contributed by atoms with van der Waals surface area (Å²) >= 11 is 0. The van der Waals surface area contributed by atoms with Crippen molar-refractivity contribution in [1.82, 2.24) is 20.4 Å². The fraction of sp³-hybridized carbons (Fsp3) is 0.393. The van der Waals surface area contributed by atoms with Crippen molar-refractivity contribution in [3.63, 3.8) is 0 Å². The average molecular weight is 606 g/mol. The Morgan fingerprint density at radius 1 is 1.12 bits per heavy atom. The highest BCUT2D eigenvalue weighted by Gasteiger charge is 2.57. The molecule has 5 N–H and O–H groups in total. The van der Waals surface area contributed by atoms with Gasteiger partial charge in [-0.2, -0.15) is 22.0 Å². The molecule has 10 nitrogen and oxygen atoms in total. The van der Waals surface area contributed by atoms with Gasteiger partial charge in [-0.3, -0.25) is 14.6 Å². The Morgan fingerprint density at radius 3 is 2.42 bits per heavy atom. The highest BCUT2D eigenvalue weighted by atomic mass is 19.4. The van der Waals surface area contributed by atoms with Crippen LogP contribution >= 0.6 is 0 Å². The van der Waals surface area contributed by atoms with E-state index in [9.17, 15) is 36.6 Å². The molecule has 1 amide bonds. The summed E-state index contributed by atoms with van der Waals surface area (Å²) in [6.45, 7) is 4.17. The van der Waals surface area contributed by atoms with Gasteiger partial charge in [0.05, 0.1) is 11.0 Å². The minimum atomic E-state index is -5.70. The van der Waals surface area contributed by atoms with Crippen LogP contribution in [0.2, 0.25) is 0 Å². The number of nitrogens with two attached hydrogens (primary N) is 1. The van der Waals surface area contributed by atoms with E-state index in [1.807, 2.05) is 0 Å². The number of halogens is 5. The third kappa shape index (κ3) is 5.11. The van der Waals surface area contributed by atoms with E-state index < -0.39 is 53.8 Å². The number of alkyl halides is 5. The maximum Gasteiger partial charge on any atom is 0.453 e. The van der Waals surface area contributed by atoms with E-state index in [1.165, 1.54) is 6.20 Å². The number of pyridine rings is 1. The number of nitrogen functional groups attached to an aromatic ring is 1. The van der Waals surface area contributed by atoms with Crippen molar-refractivity contribution in [2.24, 2.45) is 5.41 Å². The number of aliphatic carboxylic acids is 1. The quantitative estimate of drug-likeness (QED) is 0.275. The number of carboxylic acid groups (broad SMARTS) is 1. The molecule has 2 aliphatic rings. The lowest BCUT2D eigenvalue weighted by molar-refractivity contribution is -0.283. The van der Waals surface area contributed by atoms with Gasteiger partial charge in [0.1, 0.15) is 28.9 Å². The lowest BCUT2D eigenvalue weighted by Gasteiger charge is -2.25. The molecular weight excluding hydrogens is 577 g/mol. The Labute approximate surface area is 242 Å². The molecule has 0 saturated carbocycles. The first kappa shape index (κ1) is 30.1. The highest BCUT2D eigenvalue weighted by Crippen LogP contribution is 2.46. The van der Waals surface area contributed by atoms with Crippen molar-refractivity contribution >= 4 is 29.3 Å². The number of benzene rings is 1. The van der Waals surface area contributed by atoms with Crippen molar-refractivity contribution in [2.45, 2.75) is 57.2 Å². The number of fused-ring (bicyclic) bond motifs is 2. The molecule has 3 aromatic rings. The predicted octanol–water partition coefficient (Wildman–Crippen LogP) is 4.37. The number of carbonyl (C=O) groups excluding carboxylic acids is 1. The molecule has 0 bridgehead atoms. The maximum absolute atomic E-state index is 13.7. The van der Waals surface area contributed by atoms with Crippen molar-refractivity contribution < 1.29 is 36.6 Å². The Hall–Kier alpha value is -4.40. The van der Waals surface area contributed by atoms with Crippen LogP contribution in [-0.2, 0) is 21.4 Å². The predicted molar refractivity (Wildman–Crippen MR) is 145 cm³/mol. The Kier molecular flexibility index (Phi) is 7.07. The van der Waals surface area contributed by atoms with E-state index in [-0.39, 0.29) is 29.7 Å². The van der Waals surface area contributed by atoms with Crippen molar-refractivity contribution in [3.8, 4) is 0 Å². The number of carboxylic acids is 1. The second kappa shape index (κ2) is 10.1. The molecule has 43 heavy (non-hydrogen) atoms. The monoisotopic (exact) mass is 605 g/mol. The van der Waals surface area contributed by atoms with Gasteiger partial charge < -0.3 is 16.2 Å². The van der Waals surface area contributed by atoms with Gasteiger partial charge in [-0.25, -0.2) is 20.4 Å². The van der Waals surface area contributed by atoms with E-state index in [4.69, 9.17) is 5.73 Å². The van der Waals surface area contributed by atoms with Crippen LogP contribution < -0.4 is 21.5 Å². The number of hydrogen-bond donors (Lipinski definition) is 4. The standard InChI is InChI=1S/C28H28F5N7O3/c1-25(2,24(42)43)13-14-6-8-15(9-7-14)26(3)17-19(34)36-21(37-20(17)38-23(26)41)18-16-5-4-11-35-22(16)40(39-18)12-10-27(29,30)28(31,32)33/h4-9,11,18,39H,10,12-13H2,1-3H3,(H,42,43)(H3,34,36,37,38,41)/t18?,26-/m1/s1. The summed E-state index contributed by atoms with van der Waals surface area (Å²) in [5, 5.41) is 13.3. The number of rotatable bonds is 8. The molecule has 228 valence electrons. The molecular formula is C28H28F5N7O3. The van der Waals surface area contributed by atoms with Gasteiger partial charge in [-0.15, -0.1) is 0 Å². The third-order valence-corrected chi connectivity index (χ3v) is 7.89. The topological polar surface area (TPSA) is 146 Å². The SMILES string of the molecule is CC(C)(Cc1ccc([C@@]2(C)C(=O)Nc3nc(C4NN(CCC(F)(F)C(F)(F)F)c5ncccc54)nc(N)c32)cc1)C(=O)O. The molecule has 5 rings (SSSR count). The van der Waals surface area contributed by atoms with Gasteiger partial charge in [-0.1, -0.05) is 30.3 Å².